The van der Waals surface area contributed by atoms with E-state index >= 15 is 0 Å². The van der Waals surface area contributed by atoms with Crippen molar-refractivity contribution in [3.63, 3.8) is 0 Å². The fraction of sp³-hybridized carbons (Fsp3) is 0.333. The minimum Gasteiger partial charge on any atom is -2.00 e. The van der Waals surface area contributed by atoms with Crippen LogP contribution in [0, 0.1) is 0 Å². The Hall–Kier alpha value is 0.219. The van der Waals surface area contributed by atoms with E-state index in [4.69, 9.17) is 0 Å². The molecule has 0 aliphatic carbocycles. The van der Waals surface area contributed by atoms with Gasteiger partial charge in [-0.2, -0.15) is 0 Å². The summed E-state index contributed by atoms with van der Waals surface area (Å²) in [6.45, 7) is 1.94. The van der Waals surface area contributed by atoms with Gasteiger partial charge in [0.15, 0.2) is 0 Å². The second-order valence-corrected chi connectivity index (χ2v) is 0.819. The van der Waals surface area contributed by atoms with Crippen molar-refractivity contribution in [1.29, 1.82) is 0 Å². The molecule has 0 aromatic rings. The molecule has 0 N–H and O–H groups in total. The van der Waals surface area contributed by atoms with Crippen LogP contribution in [0.25, 0.3) is 0 Å². The van der Waals surface area contributed by atoms with Gasteiger partial charge in [-0.05, 0) is 0 Å². The van der Waals surface area contributed by atoms with Crippen LogP contribution >= 0.6 is 0 Å². The quantitative estimate of drug-likeness (QED) is 0.418. The molecular weight excluding hydrogens is 108 g/mol. The Morgan fingerprint density at radius 2 is 1.80 bits per heavy atom. The van der Waals surface area contributed by atoms with Crippen molar-refractivity contribution in [3.05, 3.63) is 11.1 Å². The van der Waals surface area contributed by atoms with E-state index in [1.165, 1.54) is 0 Å². The summed E-state index contributed by atoms with van der Waals surface area (Å²) in [6, 6.07) is 0. The molecule has 0 aliphatic rings. The molecule has 0 bridgehead atoms. The van der Waals surface area contributed by atoms with Crippen molar-refractivity contribution >= 4 is 0 Å². The topological polar surface area (TPSA) is 28.5 Å². The third kappa shape index (κ3) is 14.0. The van der Waals surface area contributed by atoms with E-state index in [2.05, 4.69) is 16.0 Å². The second-order valence-electron chi connectivity index (χ2n) is 0.451. The average Bonchev–Trinajstić information content (AvgIpc) is 1.37. The number of rotatable bonds is 0. The van der Waals surface area contributed by atoms with Gasteiger partial charge in [0.25, 0.3) is 0 Å². The third-order valence-corrected chi connectivity index (χ3v) is 0.486. The second kappa shape index (κ2) is 8.88. The summed E-state index contributed by atoms with van der Waals surface area (Å²) in [6.07, 6.45) is 1.89. The summed E-state index contributed by atoms with van der Waals surface area (Å²) in [7, 11) is 0. The monoisotopic (exact) mass is 113 g/mol. The molecule has 2 heteroatoms. The van der Waals surface area contributed by atoms with Gasteiger partial charge in [0.1, 0.15) is 0 Å². The van der Waals surface area contributed by atoms with Gasteiger partial charge in [-0.25, -0.2) is 0 Å². The van der Waals surface area contributed by atoms with E-state index in [0.29, 0.717) is 0 Å². The average molecular weight is 113 g/mol. The first-order chi connectivity index (χ1) is 1.91. The van der Waals surface area contributed by atoms with E-state index in [9.17, 15) is 0 Å². The molecule has 0 spiro atoms. The predicted molar refractivity (Wildman–Crippen MR) is 15.5 cm³/mol. The van der Waals surface area contributed by atoms with Gasteiger partial charge in [0, 0.05) is 0 Å². The van der Waals surface area contributed by atoms with E-state index in [1.807, 2.05) is 13.0 Å². The molecular formula is C3H5FeO. The largest absolute Gasteiger partial charge is 2.00 e. The summed E-state index contributed by atoms with van der Waals surface area (Å²) >= 11 is 3.42. The van der Waals surface area contributed by atoms with Crippen molar-refractivity contribution in [2.75, 3.05) is 0 Å². The molecule has 1 nitrogen and oxygen atoms in total. The fourth-order valence-electron chi connectivity index (χ4n) is 0. The molecule has 31 valence electrons. The molecule has 0 rings (SSSR count). The maximum absolute atomic E-state index is 3.42. The van der Waals surface area contributed by atoms with Gasteiger partial charge >= 0.3 is 34.0 Å². The van der Waals surface area contributed by atoms with E-state index in [0.717, 1.165) is 0 Å². The zero-order valence-electron chi connectivity index (χ0n) is 2.92. The van der Waals surface area contributed by atoms with Crippen molar-refractivity contribution in [2.24, 2.45) is 0 Å². The first-order valence-corrected chi connectivity index (χ1v) is 1.75. The molecule has 0 amide bonds. The SMILES string of the molecule is CC=[CH][Fe+2].[O-2]. The smallest absolute Gasteiger partial charge is 2.00 e. The summed E-state index contributed by atoms with van der Waals surface area (Å²) in [5, 5.41) is 0. The molecule has 0 aromatic heterocycles. The van der Waals surface area contributed by atoms with Crippen molar-refractivity contribution in [1.82, 2.24) is 0 Å². The number of hydrogen-bond donors (Lipinski definition) is 0. The van der Waals surface area contributed by atoms with Gasteiger partial charge in [0.2, 0.25) is 0 Å². The molecule has 5 heavy (non-hydrogen) atoms. The van der Waals surface area contributed by atoms with E-state index in [-0.39, 0.29) is 5.48 Å². The first kappa shape index (κ1) is 8.97. The first-order valence-electron chi connectivity index (χ1n) is 1.11. The zero-order chi connectivity index (χ0) is 3.41. The number of allylic oxidation sites excluding steroid dienone is 1. The minimum absolute atomic E-state index is 0. The molecule has 0 unspecified atom stereocenters. The van der Waals surface area contributed by atoms with E-state index in [1.54, 1.807) is 4.97 Å². The van der Waals surface area contributed by atoms with Crippen LogP contribution in [0.1, 0.15) is 6.92 Å². The third-order valence-electron chi connectivity index (χ3n) is 0.118. The van der Waals surface area contributed by atoms with Crippen molar-refractivity contribution < 1.29 is 21.5 Å². The Balaban J connectivity index is 0. The molecule has 0 fully saturated rings. The summed E-state index contributed by atoms with van der Waals surface area (Å²) < 4.78 is 0. The Morgan fingerprint density at radius 1 is 1.60 bits per heavy atom. The molecule has 0 atom stereocenters. The Morgan fingerprint density at radius 3 is 1.80 bits per heavy atom. The minimum atomic E-state index is 0. The molecule has 0 aromatic carbocycles. The molecule has 0 aliphatic heterocycles. The maximum atomic E-state index is 3.42. The molecule has 0 radical (unpaired) electrons. The van der Waals surface area contributed by atoms with Crippen LogP contribution in [-0.2, 0) is 21.5 Å². The van der Waals surface area contributed by atoms with Gasteiger partial charge in [-0.3, -0.25) is 0 Å². The van der Waals surface area contributed by atoms with Gasteiger partial charge < -0.3 is 5.48 Å². The normalized spacial score (nSPS) is 7.40. The summed E-state index contributed by atoms with van der Waals surface area (Å²) in [5.41, 5.74) is 0. The Labute approximate surface area is 40.2 Å². The Bertz CT molecular complexity index is 22.1. The summed E-state index contributed by atoms with van der Waals surface area (Å²) in [5.74, 6) is 0. The van der Waals surface area contributed by atoms with Crippen LogP contribution in [0.3, 0.4) is 0 Å². The summed E-state index contributed by atoms with van der Waals surface area (Å²) in [4.78, 5) is 1.75. The van der Waals surface area contributed by atoms with Crippen LogP contribution in [0.4, 0.5) is 0 Å². The van der Waals surface area contributed by atoms with Crippen LogP contribution in [0.15, 0.2) is 11.1 Å². The molecule has 0 heterocycles. The zero-order valence-corrected chi connectivity index (χ0v) is 4.02. The van der Waals surface area contributed by atoms with Crippen LogP contribution in [0.5, 0.6) is 0 Å². The standard InChI is InChI=1S/C3H5.Fe.O/c1-3-2;;/h1,3H,2H3;;/q;+2;-2. The van der Waals surface area contributed by atoms with Crippen LogP contribution in [-0.4, -0.2) is 0 Å². The van der Waals surface area contributed by atoms with Gasteiger partial charge in [-0.15, -0.1) is 0 Å². The van der Waals surface area contributed by atoms with Gasteiger partial charge in [-0.1, -0.05) is 0 Å². The van der Waals surface area contributed by atoms with Crippen molar-refractivity contribution in [2.45, 2.75) is 6.92 Å². The van der Waals surface area contributed by atoms with Crippen LogP contribution < -0.4 is 0 Å². The van der Waals surface area contributed by atoms with E-state index < -0.39 is 0 Å². The van der Waals surface area contributed by atoms with Gasteiger partial charge in [0.05, 0.1) is 0 Å². The number of hydrogen-bond acceptors (Lipinski definition) is 0. The van der Waals surface area contributed by atoms with Crippen molar-refractivity contribution in [3.8, 4) is 0 Å². The molecule has 0 saturated heterocycles. The predicted octanol–water partition coefficient (Wildman–Crippen LogP) is 0.948. The van der Waals surface area contributed by atoms with Crippen LogP contribution in [0.2, 0.25) is 0 Å². The Kier molecular flexibility index (Phi) is 15.9. The fourth-order valence-corrected chi connectivity index (χ4v) is 0. The molecule has 0 saturated carbocycles. The maximum Gasteiger partial charge on any atom is -2.00 e.